The van der Waals surface area contributed by atoms with Gasteiger partial charge >= 0.3 is 0 Å². The Morgan fingerprint density at radius 3 is 2.48 bits per heavy atom. The maximum Gasteiger partial charge on any atom is 0.271 e. The first kappa shape index (κ1) is 24.0. The third-order valence-corrected chi connectivity index (χ3v) is 5.38. The van der Waals surface area contributed by atoms with Crippen LogP contribution in [0.15, 0.2) is 47.1 Å². The van der Waals surface area contributed by atoms with Crippen molar-refractivity contribution in [2.45, 2.75) is 40.7 Å². The van der Waals surface area contributed by atoms with E-state index in [0.717, 1.165) is 23.6 Å². The van der Waals surface area contributed by atoms with Crippen LogP contribution in [-0.4, -0.2) is 30.1 Å². The number of aromatic nitrogens is 1. The lowest BCUT2D eigenvalue weighted by Gasteiger charge is -2.13. The number of ether oxygens (including phenoxy) is 2. The van der Waals surface area contributed by atoms with Gasteiger partial charge < -0.3 is 18.5 Å². The Balaban J connectivity index is 1.63. The first-order valence-corrected chi connectivity index (χ1v) is 10.9. The number of amides is 2. The molecule has 0 radical (unpaired) electrons. The Bertz CT molecular complexity index is 1100. The molecule has 1 aromatic carbocycles. The van der Waals surface area contributed by atoms with Gasteiger partial charge in [-0.3, -0.25) is 20.4 Å². The number of hydrogen-bond acceptors (Lipinski definition) is 5. The maximum atomic E-state index is 12.7. The van der Waals surface area contributed by atoms with Gasteiger partial charge in [-0.1, -0.05) is 13.8 Å². The molecular formula is C25H31N3O5. The molecule has 0 bridgehead atoms. The highest BCUT2D eigenvalue weighted by atomic mass is 16.5. The number of nitrogens with zero attached hydrogens (tertiary/aromatic N) is 1. The van der Waals surface area contributed by atoms with Gasteiger partial charge in [0.2, 0.25) is 0 Å². The van der Waals surface area contributed by atoms with E-state index >= 15 is 0 Å². The van der Waals surface area contributed by atoms with Crippen LogP contribution >= 0.6 is 0 Å². The number of carbonyl (C=O) groups excluding carboxylic acids is 2. The fraction of sp³-hybridized carbons (Fsp3) is 0.360. The Hall–Kier alpha value is -3.68. The highest BCUT2D eigenvalue weighted by Gasteiger charge is 2.18. The molecule has 0 unspecified atom stereocenters. The smallest absolute Gasteiger partial charge is 0.271 e. The summed E-state index contributed by atoms with van der Waals surface area (Å²) in [6.45, 7) is 9.11. The van der Waals surface area contributed by atoms with Gasteiger partial charge in [-0.25, -0.2) is 0 Å². The lowest BCUT2D eigenvalue weighted by Crippen LogP contribution is -2.41. The van der Waals surface area contributed by atoms with Crippen molar-refractivity contribution in [2.24, 2.45) is 5.92 Å². The van der Waals surface area contributed by atoms with Crippen molar-refractivity contribution in [2.75, 3.05) is 13.7 Å². The second kappa shape index (κ2) is 10.8. The normalized spacial score (nSPS) is 10.8. The third-order valence-electron chi connectivity index (χ3n) is 5.38. The third kappa shape index (κ3) is 5.97. The van der Waals surface area contributed by atoms with E-state index < -0.39 is 11.8 Å². The second-order valence-corrected chi connectivity index (χ2v) is 8.26. The van der Waals surface area contributed by atoms with E-state index in [-0.39, 0.29) is 0 Å². The van der Waals surface area contributed by atoms with E-state index in [1.165, 1.54) is 7.11 Å². The summed E-state index contributed by atoms with van der Waals surface area (Å²) in [5.41, 5.74) is 7.46. The standard InChI is InChI=1S/C25H31N3O5/c1-16(2)10-12-33-22-9-8-19(14-23(22)31-5)24(29)26-27-25(30)21-13-17(3)28(18(21)4)15-20-7-6-11-32-20/h6-9,11,13-14,16H,10,12,15H2,1-5H3,(H,26,29)(H,27,30). The van der Waals surface area contributed by atoms with Crippen molar-refractivity contribution in [1.82, 2.24) is 15.4 Å². The summed E-state index contributed by atoms with van der Waals surface area (Å²) in [6.07, 6.45) is 2.53. The molecule has 0 aliphatic carbocycles. The number of nitrogens with one attached hydrogen (secondary N) is 2. The SMILES string of the molecule is COc1cc(C(=O)NNC(=O)c2cc(C)n(Cc3ccco3)c2C)ccc1OCCC(C)C. The van der Waals surface area contributed by atoms with Gasteiger partial charge in [0.1, 0.15) is 5.76 Å². The van der Waals surface area contributed by atoms with Crippen LogP contribution in [0.25, 0.3) is 0 Å². The molecule has 2 heterocycles. The van der Waals surface area contributed by atoms with Crippen LogP contribution < -0.4 is 20.3 Å². The molecule has 0 fully saturated rings. The van der Waals surface area contributed by atoms with Crippen LogP contribution in [-0.2, 0) is 6.54 Å². The fourth-order valence-corrected chi connectivity index (χ4v) is 3.42. The van der Waals surface area contributed by atoms with Crippen LogP contribution in [0.3, 0.4) is 0 Å². The topological polar surface area (TPSA) is 94.7 Å². The van der Waals surface area contributed by atoms with Crippen LogP contribution in [0, 0.1) is 19.8 Å². The number of benzene rings is 1. The summed E-state index contributed by atoms with van der Waals surface area (Å²) in [5.74, 6) is 1.49. The van der Waals surface area contributed by atoms with Crippen LogP contribution in [0.5, 0.6) is 11.5 Å². The Morgan fingerprint density at radius 1 is 1.06 bits per heavy atom. The van der Waals surface area contributed by atoms with Gasteiger partial charge in [0.15, 0.2) is 11.5 Å². The predicted molar refractivity (Wildman–Crippen MR) is 125 cm³/mol. The minimum atomic E-state index is -0.459. The van der Waals surface area contributed by atoms with Gasteiger partial charge in [-0.05, 0) is 62.6 Å². The molecule has 3 aromatic rings. The highest BCUT2D eigenvalue weighted by Crippen LogP contribution is 2.28. The average Bonchev–Trinajstić information content (AvgIpc) is 3.41. The quantitative estimate of drug-likeness (QED) is 0.472. The molecular weight excluding hydrogens is 422 g/mol. The summed E-state index contributed by atoms with van der Waals surface area (Å²) in [7, 11) is 1.52. The second-order valence-electron chi connectivity index (χ2n) is 8.26. The summed E-state index contributed by atoms with van der Waals surface area (Å²) < 4.78 is 18.5. The van der Waals surface area contributed by atoms with E-state index in [1.807, 2.05) is 30.5 Å². The van der Waals surface area contributed by atoms with Crippen molar-refractivity contribution in [3.05, 3.63) is 70.9 Å². The number of methoxy groups -OCH3 is 1. The molecule has 2 aromatic heterocycles. The number of carbonyl (C=O) groups is 2. The Labute approximate surface area is 193 Å². The molecule has 0 spiro atoms. The van der Waals surface area contributed by atoms with E-state index in [0.29, 0.717) is 41.7 Å². The lowest BCUT2D eigenvalue weighted by atomic mass is 10.1. The van der Waals surface area contributed by atoms with Gasteiger partial charge in [0.25, 0.3) is 11.8 Å². The van der Waals surface area contributed by atoms with Crippen molar-refractivity contribution in [1.29, 1.82) is 0 Å². The Kier molecular flexibility index (Phi) is 7.82. The zero-order valence-electron chi connectivity index (χ0n) is 19.7. The molecule has 33 heavy (non-hydrogen) atoms. The van der Waals surface area contributed by atoms with E-state index in [2.05, 4.69) is 24.7 Å². The first-order chi connectivity index (χ1) is 15.8. The van der Waals surface area contributed by atoms with Crippen LogP contribution in [0.2, 0.25) is 0 Å². The minimum Gasteiger partial charge on any atom is -0.493 e. The lowest BCUT2D eigenvalue weighted by molar-refractivity contribution is 0.0846. The molecule has 3 rings (SSSR count). The number of furan rings is 1. The van der Waals surface area contributed by atoms with Crippen LogP contribution in [0.1, 0.15) is 58.1 Å². The van der Waals surface area contributed by atoms with E-state index in [1.54, 1.807) is 30.5 Å². The molecule has 2 amide bonds. The fourth-order valence-electron chi connectivity index (χ4n) is 3.42. The summed E-state index contributed by atoms with van der Waals surface area (Å²) >= 11 is 0. The molecule has 176 valence electrons. The predicted octanol–water partition coefficient (Wildman–Crippen LogP) is 4.25. The monoisotopic (exact) mass is 453 g/mol. The Morgan fingerprint density at radius 2 is 1.82 bits per heavy atom. The molecule has 0 aliphatic heterocycles. The van der Waals surface area contributed by atoms with Crippen LogP contribution in [0.4, 0.5) is 0 Å². The molecule has 0 saturated carbocycles. The van der Waals surface area contributed by atoms with Crippen molar-refractivity contribution in [3.63, 3.8) is 0 Å². The van der Waals surface area contributed by atoms with Crippen molar-refractivity contribution in [3.8, 4) is 11.5 Å². The maximum absolute atomic E-state index is 12.7. The largest absolute Gasteiger partial charge is 0.493 e. The molecule has 2 N–H and O–H groups in total. The highest BCUT2D eigenvalue weighted by molar-refractivity contribution is 6.00. The summed E-state index contributed by atoms with van der Waals surface area (Å²) in [6, 6.07) is 10.4. The molecule has 8 heteroatoms. The van der Waals surface area contributed by atoms with E-state index in [9.17, 15) is 9.59 Å². The van der Waals surface area contributed by atoms with E-state index in [4.69, 9.17) is 13.9 Å². The molecule has 0 atom stereocenters. The number of hydrogen-bond donors (Lipinski definition) is 2. The molecule has 0 aliphatic rings. The zero-order chi connectivity index (χ0) is 24.0. The summed E-state index contributed by atoms with van der Waals surface area (Å²) in [4.78, 5) is 25.3. The van der Waals surface area contributed by atoms with Gasteiger partial charge in [0.05, 0.1) is 32.1 Å². The number of hydrazine groups is 1. The van der Waals surface area contributed by atoms with Gasteiger partial charge in [-0.15, -0.1) is 0 Å². The zero-order valence-corrected chi connectivity index (χ0v) is 19.7. The van der Waals surface area contributed by atoms with Gasteiger partial charge in [-0.2, -0.15) is 0 Å². The average molecular weight is 454 g/mol. The first-order valence-electron chi connectivity index (χ1n) is 10.9. The van der Waals surface area contributed by atoms with Crippen molar-refractivity contribution < 1.29 is 23.5 Å². The number of rotatable bonds is 9. The molecule has 8 nitrogen and oxygen atoms in total. The molecule has 0 saturated heterocycles. The number of aryl methyl sites for hydroxylation is 1. The summed E-state index contributed by atoms with van der Waals surface area (Å²) in [5, 5.41) is 0. The minimum absolute atomic E-state index is 0.339. The van der Waals surface area contributed by atoms with Gasteiger partial charge in [0, 0.05) is 17.0 Å². The van der Waals surface area contributed by atoms with Crippen molar-refractivity contribution >= 4 is 11.8 Å².